The summed E-state index contributed by atoms with van der Waals surface area (Å²) in [4.78, 5) is 24.9. The highest BCUT2D eigenvalue weighted by molar-refractivity contribution is 7.80. The van der Waals surface area contributed by atoms with Crippen LogP contribution in [0.5, 0.6) is 5.75 Å². The van der Waals surface area contributed by atoms with Gasteiger partial charge in [0.2, 0.25) is 0 Å². The molecule has 2 rings (SSSR count). The molecule has 6 nitrogen and oxygen atoms in total. The molecule has 2 amide bonds. The van der Waals surface area contributed by atoms with Crippen molar-refractivity contribution in [2.75, 3.05) is 5.32 Å². The van der Waals surface area contributed by atoms with Crippen LogP contribution in [0.2, 0.25) is 0 Å². The van der Waals surface area contributed by atoms with Crippen LogP contribution in [-0.2, 0) is 0 Å². The van der Waals surface area contributed by atoms with Crippen molar-refractivity contribution in [3.8, 4) is 5.75 Å². The molecule has 0 spiro atoms. The number of hydrogen-bond donors (Lipinski definition) is 3. The summed E-state index contributed by atoms with van der Waals surface area (Å²) < 4.78 is 5.68. The summed E-state index contributed by atoms with van der Waals surface area (Å²) in [6.45, 7) is 7.75. The van der Waals surface area contributed by atoms with Crippen molar-refractivity contribution in [1.29, 1.82) is 0 Å². The van der Waals surface area contributed by atoms with Gasteiger partial charge in [-0.2, -0.15) is 0 Å². The summed E-state index contributed by atoms with van der Waals surface area (Å²) in [5.41, 5.74) is 1.52. The predicted molar refractivity (Wildman–Crippen MR) is 120 cm³/mol. The number of benzene rings is 2. The second kappa shape index (κ2) is 10.6. The molecule has 0 aromatic heterocycles. The summed E-state index contributed by atoms with van der Waals surface area (Å²) in [5.74, 6) is -0.0337. The second-order valence-electron chi connectivity index (χ2n) is 6.93. The number of carbonyl (C=O) groups is 2. The minimum absolute atomic E-state index is 0.0571. The third-order valence-corrected chi connectivity index (χ3v) is 4.30. The fourth-order valence-electron chi connectivity index (χ4n) is 2.49. The van der Waals surface area contributed by atoms with Crippen molar-refractivity contribution in [1.82, 2.24) is 10.6 Å². The molecule has 3 N–H and O–H groups in total. The first-order chi connectivity index (χ1) is 13.8. The van der Waals surface area contributed by atoms with Gasteiger partial charge >= 0.3 is 0 Å². The monoisotopic (exact) mass is 413 g/mol. The Morgan fingerprint density at radius 1 is 1.03 bits per heavy atom. The standard InChI is InChI=1S/C22H27N3O3S/c1-5-15(4)23-20(26)16-9-8-10-17(13-16)24-22(29)25-21(27)18-11-6-7-12-19(18)28-14(2)3/h6-15H,5H2,1-4H3,(H,23,26)(H2,24,25,27,29). The number of para-hydroxylation sites is 1. The van der Waals surface area contributed by atoms with Gasteiger partial charge < -0.3 is 15.4 Å². The van der Waals surface area contributed by atoms with Crippen LogP contribution in [0.25, 0.3) is 0 Å². The van der Waals surface area contributed by atoms with Crippen LogP contribution in [-0.4, -0.2) is 29.1 Å². The Morgan fingerprint density at radius 3 is 2.45 bits per heavy atom. The molecular formula is C22H27N3O3S. The Labute approximate surface area is 177 Å². The van der Waals surface area contributed by atoms with Crippen LogP contribution in [0.4, 0.5) is 5.69 Å². The number of anilines is 1. The van der Waals surface area contributed by atoms with Crippen LogP contribution in [0.3, 0.4) is 0 Å². The van der Waals surface area contributed by atoms with Crippen molar-refractivity contribution >= 4 is 34.8 Å². The average Bonchev–Trinajstić information content (AvgIpc) is 2.67. The number of hydrogen-bond acceptors (Lipinski definition) is 4. The highest BCUT2D eigenvalue weighted by Crippen LogP contribution is 2.19. The highest BCUT2D eigenvalue weighted by atomic mass is 32.1. The molecule has 0 aliphatic rings. The zero-order chi connectivity index (χ0) is 21.4. The van der Waals surface area contributed by atoms with Crippen molar-refractivity contribution in [2.24, 2.45) is 0 Å². The number of ether oxygens (including phenoxy) is 1. The summed E-state index contributed by atoms with van der Waals surface area (Å²) in [5, 5.41) is 8.65. The Balaban J connectivity index is 2.04. The molecule has 0 fully saturated rings. The van der Waals surface area contributed by atoms with Gasteiger partial charge in [-0.3, -0.25) is 14.9 Å². The molecule has 7 heteroatoms. The van der Waals surface area contributed by atoms with E-state index in [0.717, 1.165) is 6.42 Å². The van der Waals surface area contributed by atoms with Crippen LogP contribution in [0.1, 0.15) is 54.8 Å². The van der Waals surface area contributed by atoms with E-state index in [0.29, 0.717) is 22.6 Å². The van der Waals surface area contributed by atoms with Gasteiger partial charge in [-0.15, -0.1) is 0 Å². The lowest BCUT2D eigenvalue weighted by molar-refractivity contribution is 0.0937. The van der Waals surface area contributed by atoms with E-state index in [9.17, 15) is 9.59 Å². The lowest BCUT2D eigenvalue weighted by Crippen LogP contribution is -2.34. The SMILES string of the molecule is CCC(C)NC(=O)c1cccc(NC(=S)NC(=O)c2ccccc2OC(C)C)c1. The first-order valence-electron chi connectivity index (χ1n) is 9.59. The lowest BCUT2D eigenvalue weighted by Gasteiger charge is -2.15. The Morgan fingerprint density at radius 2 is 1.76 bits per heavy atom. The quantitative estimate of drug-likeness (QED) is 0.595. The van der Waals surface area contributed by atoms with E-state index in [1.54, 1.807) is 48.5 Å². The van der Waals surface area contributed by atoms with Crippen LogP contribution in [0, 0.1) is 0 Å². The van der Waals surface area contributed by atoms with Gasteiger partial charge in [0, 0.05) is 17.3 Å². The maximum atomic E-state index is 12.6. The van der Waals surface area contributed by atoms with E-state index in [1.807, 2.05) is 27.7 Å². The molecule has 0 bridgehead atoms. The second-order valence-corrected chi connectivity index (χ2v) is 7.34. The van der Waals surface area contributed by atoms with E-state index in [-0.39, 0.29) is 29.1 Å². The number of rotatable bonds is 7. The van der Waals surface area contributed by atoms with E-state index in [4.69, 9.17) is 17.0 Å². The Bertz CT molecular complexity index is 883. The molecule has 154 valence electrons. The van der Waals surface area contributed by atoms with E-state index in [1.165, 1.54) is 0 Å². The van der Waals surface area contributed by atoms with E-state index >= 15 is 0 Å². The van der Waals surface area contributed by atoms with Gasteiger partial charge in [-0.1, -0.05) is 25.1 Å². The summed E-state index contributed by atoms with van der Waals surface area (Å²) in [7, 11) is 0. The molecule has 0 aliphatic heterocycles. The predicted octanol–water partition coefficient (Wildman–Crippen LogP) is 4.13. The largest absolute Gasteiger partial charge is 0.490 e. The first kappa shape index (κ1) is 22.4. The normalized spacial score (nSPS) is 11.5. The van der Waals surface area contributed by atoms with E-state index < -0.39 is 0 Å². The topological polar surface area (TPSA) is 79.5 Å². The fourth-order valence-corrected chi connectivity index (χ4v) is 2.70. The molecule has 1 unspecified atom stereocenters. The lowest BCUT2D eigenvalue weighted by atomic mass is 10.1. The molecule has 0 saturated carbocycles. The minimum atomic E-state index is -0.371. The number of thiocarbonyl (C=S) groups is 1. The van der Waals surface area contributed by atoms with Gasteiger partial charge in [0.1, 0.15) is 5.75 Å². The molecule has 2 aromatic carbocycles. The van der Waals surface area contributed by atoms with Gasteiger partial charge in [0.05, 0.1) is 11.7 Å². The molecule has 29 heavy (non-hydrogen) atoms. The molecule has 2 aromatic rings. The number of carbonyl (C=O) groups excluding carboxylic acids is 2. The molecular weight excluding hydrogens is 386 g/mol. The molecule has 1 atom stereocenters. The molecule has 0 heterocycles. The molecule has 0 saturated heterocycles. The summed E-state index contributed by atoms with van der Waals surface area (Å²) in [6.07, 6.45) is 0.792. The van der Waals surface area contributed by atoms with Crippen LogP contribution < -0.4 is 20.7 Å². The van der Waals surface area contributed by atoms with Gasteiger partial charge in [-0.25, -0.2) is 0 Å². The molecule has 0 aliphatic carbocycles. The van der Waals surface area contributed by atoms with Crippen molar-refractivity contribution in [3.63, 3.8) is 0 Å². The molecule has 0 radical (unpaired) electrons. The third-order valence-electron chi connectivity index (χ3n) is 4.09. The zero-order valence-corrected chi connectivity index (χ0v) is 17.9. The van der Waals surface area contributed by atoms with E-state index in [2.05, 4.69) is 16.0 Å². The maximum Gasteiger partial charge on any atom is 0.261 e. The smallest absolute Gasteiger partial charge is 0.261 e. The van der Waals surface area contributed by atoms with Crippen molar-refractivity contribution in [2.45, 2.75) is 46.3 Å². The van der Waals surface area contributed by atoms with Crippen molar-refractivity contribution < 1.29 is 14.3 Å². The summed E-state index contributed by atoms with van der Waals surface area (Å²) >= 11 is 5.26. The van der Waals surface area contributed by atoms with Gasteiger partial charge in [0.25, 0.3) is 11.8 Å². The summed E-state index contributed by atoms with van der Waals surface area (Å²) in [6, 6.07) is 14.0. The van der Waals surface area contributed by atoms with Crippen molar-refractivity contribution in [3.05, 3.63) is 59.7 Å². The minimum Gasteiger partial charge on any atom is -0.490 e. The third kappa shape index (κ3) is 6.87. The van der Waals surface area contributed by atoms with Gasteiger partial charge in [-0.05, 0) is 69.7 Å². The Hall–Kier alpha value is -2.93. The highest BCUT2D eigenvalue weighted by Gasteiger charge is 2.15. The first-order valence-corrected chi connectivity index (χ1v) is 10.00. The Kier molecular flexibility index (Phi) is 8.15. The average molecular weight is 414 g/mol. The zero-order valence-electron chi connectivity index (χ0n) is 17.1. The van der Waals surface area contributed by atoms with Crippen LogP contribution >= 0.6 is 12.2 Å². The number of nitrogens with one attached hydrogen (secondary N) is 3. The number of amides is 2. The maximum absolute atomic E-state index is 12.6. The fraction of sp³-hybridized carbons (Fsp3) is 0.318. The van der Waals surface area contributed by atoms with Crippen LogP contribution in [0.15, 0.2) is 48.5 Å². The van der Waals surface area contributed by atoms with Gasteiger partial charge in [0.15, 0.2) is 5.11 Å².